The van der Waals surface area contributed by atoms with Crippen LogP contribution >= 0.6 is 0 Å². The highest BCUT2D eigenvalue weighted by Crippen LogP contribution is 2.20. The Bertz CT molecular complexity index is 483. The van der Waals surface area contributed by atoms with E-state index < -0.39 is 0 Å². The predicted molar refractivity (Wildman–Crippen MR) is 72.9 cm³/mol. The number of fused-ring (bicyclic) bond motifs is 1. The van der Waals surface area contributed by atoms with Crippen LogP contribution in [0, 0.1) is 5.92 Å². The molecule has 18 heavy (non-hydrogen) atoms. The van der Waals surface area contributed by atoms with Crippen molar-refractivity contribution >= 4 is 17.0 Å². The molecule has 2 aromatic rings. The van der Waals surface area contributed by atoms with Crippen molar-refractivity contribution in [3.8, 4) is 0 Å². The van der Waals surface area contributed by atoms with Crippen molar-refractivity contribution in [2.75, 3.05) is 31.7 Å². The molecular formula is C14H19N3O. The Hall–Kier alpha value is -1.55. The molecule has 0 bridgehead atoms. The minimum Gasteiger partial charge on any atom is -0.381 e. The number of nitrogens with zero attached hydrogens (tertiary/aromatic N) is 2. The molecule has 4 nitrogen and oxygen atoms in total. The molecule has 0 radical (unpaired) electrons. The summed E-state index contributed by atoms with van der Waals surface area (Å²) >= 11 is 0. The van der Waals surface area contributed by atoms with Gasteiger partial charge in [0.15, 0.2) is 0 Å². The SMILES string of the molecule is CN(CC1CCOCC1)c1nc2ccccc2[nH]1. The highest BCUT2D eigenvalue weighted by atomic mass is 16.5. The number of anilines is 1. The summed E-state index contributed by atoms with van der Waals surface area (Å²) < 4.78 is 5.39. The Morgan fingerprint density at radius 1 is 1.33 bits per heavy atom. The van der Waals surface area contributed by atoms with Crippen LogP contribution < -0.4 is 4.90 Å². The maximum absolute atomic E-state index is 5.39. The zero-order valence-electron chi connectivity index (χ0n) is 10.7. The largest absolute Gasteiger partial charge is 0.381 e. The molecule has 0 amide bonds. The van der Waals surface area contributed by atoms with E-state index in [1.165, 1.54) is 0 Å². The van der Waals surface area contributed by atoms with E-state index >= 15 is 0 Å². The van der Waals surface area contributed by atoms with Gasteiger partial charge in [0.25, 0.3) is 0 Å². The average Bonchev–Trinajstić information content (AvgIpc) is 2.84. The van der Waals surface area contributed by atoms with E-state index in [0.29, 0.717) is 0 Å². The van der Waals surface area contributed by atoms with Crippen LogP contribution in [0.15, 0.2) is 24.3 Å². The smallest absolute Gasteiger partial charge is 0.203 e. The van der Waals surface area contributed by atoms with Gasteiger partial charge in [-0.3, -0.25) is 0 Å². The lowest BCUT2D eigenvalue weighted by atomic mass is 10.0. The first-order valence-electron chi connectivity index (χ1n) is 6.56. The lowest BCUT2D eigenvalue weighted by Gasteiger charge is -2.26. The molecule has 0 aliphatic carbocycles. The second-order valence-electron chi connectivity index (χ2n) is 5.01. The number of aromatic nitrogens is 2. The number of H-pyrrole nitrogens is 1. The summed E-state index contributed by atoms with van der Waals surface area (Å²) in [6.07, 6.45) is 2.31. The van der Waals surface area contributed by atoms with Crippen LogP contribution in [0.25, 0.3) is 11.0 Å². The van der Waals surface area contributed by atoms with Gasteiger partial charge in [-0.25, -0.2) is 4.98 Å². The first-order chi connectivity index (χ1) is 8.83. The minimum absolute atomic E-state index is 0.719. The molecule has 0 spiro atoms. The maximum Gasteiger partial charge on any atom is 0.203 e. The predicted octanol–water partition coefficient (Wildman–Crippen LogP) is 2.43. The van der Waals surface area contributed by atoms with Gasteiger partial charge in [0.05, 0.1) is 11.0 Å². The number of para-hydroxylation sites is 2. The van der Waals surface area contributed by atoms with Gasteiger partial charge in [-0.2, -0.15) is 0 Å². The van der Waals surface area contributed by atoms with E-state index in [2.05, 4.69) is 28.0 Å². The molecular weight excluding hydrogens is 226 g/mol. The molecule has 1 fully saturated rings. The van der Waals surface area contributed by atoms with Gasteiger partial charge in [0.1, 0.15) is 0 Å². The highest BCUT2D eigenvalue weighted by Gasteiger charge is 2.17. The molecule has 2 heterocycles. The van der Waals surface area contributed by atoms with E-state index in [1.54, 1.807) is 0 Å². The third kappa shape index (κ3) is 2.34. The first-order valence-corrected chi connectivity index (χ1v) is 6.56. The highest BCUT2D eigenvalue weighted by molar-refractivity contribution is 5.77. The van der Waals surface area contributed by atoms with Crippen LogP contribution in [-0.4, -0.2) is 36.8 Å². The molecule has 0 atom stereocenters. The van der Waals surface area contributed by atoms with Crippen molar-refractivity contribution in [2.45, 2.75) is 12.8 Å². The van der Waals surface area contributed by atoms with Gasteiger partial charge >= 0.3 is 0 Å². The summed E-state index contributed by atoms with van der Waals surface area (Å²) in [5.74, 6) is 1.68. The van der Waals surface area contributed by atoms with Crippen LogP contribution in [0.4, 0.5) is 5.95 Å². The summed E-state index contributed by atoms with van der Waals surface area (Å²) in [6, 6.07) is 8.15. The van der Waals surface area contributed by atoms with Crippen LogP contribution in [0.3, 0.4) is 0 Å². The van der Waals surface area contributed by atoms with Gasteiger partial charge in [-0.15, -0.1) is 0 Å². The van der Waals surface area contributed by atoms with E-state index in [1.807, 2.05) is 18.2 Å². The summed E-state index contributed by atoms with van der Waals surface area (Å²) in [5.41, 5.74) is 2.14. The van der Waals surface area contributed by atoms with Gasteiger partial charge in [-0.05, 0) is 30.9 Å². The molecule has 3 rings (SSSR count). The van der Waals surface area contributed by atoms with Gasteiger partial charge < -0.3 is 14.6 Å². The number of hydrogen-bond acceptors (Lipinski definition) is 3. The molecule has 1 aromatic heterocycles. The number of ether oxygens (including phenoxy) is 1. The van der Waals surface area contributed by atoms with Crippen molar-refractivity contribution in [1.29, 1.82) is 0 Å². The topological polar surface area (TPSA) is 41.1 Å². The monoisotopic (exact) mass is 245 g/mol. The van der Waals surface area contributed by atoms with Crippen LogP contribution in [0.1, 0.15) is 12.8 Å². The van der Waals surface area contributed by atoms with E-state index in [9.17, 15) is 0 Å². The van der Waals surface area contributed by atoms with Crippen molar-refractivity contribution in [2.24, 2.45) is 5.92 Å². The fraction of sp³-hybridized carbons (Fsp3) is 0.500. The summed E-state index contributed by atoms with van der Waals surface area (Å²) in [4.78, 5) is 10.2. The molecule has 1 N–H and O–H groups in total. The number of benzene rings is 1. The molecule has 4 heteroatoms. The van der Waals surface area contributed by atoms with Crippen molar-refractivity contribution in [3.05, 3.63) is 24.3 Å². The van der Waals surface area contributed by atoms with Crippen LogP contribution in [0.5, 0.6) is 0 Å². The Morgan fingerprint density at radius 3 is 2.89 bits per heavy atom. The second kappa shape index (κ2) is 4.98. The molecule has 96 valence electrons. The van der Waals surface area contributed by atoms with Gasteiger partial charge in [0, 0.05) is 26.8 Å². The van der Waals surface area contributed by atoms with E-state index in [0.717, 1.165) is 55.5 Å². The van der Waals surface area contributed by atoms with Crippen molar-refractivity contribution < 1.29 is 4.74 Å². The summed E-state index contributed by atoms with van der Waals surface area (Å²) in [6.45, 7) is 2.85. The van der Waals surface area contributed by atoms with Crippen LogP contribution in [-0.2, 0) is 4.74 Å². The fourth-order valence-electron chi connectivity index (χ4n) is 2.52. The van der Waals surface area contributed by atoms with Gasteiger partial charge in [-0.1, -0.05) is 12.1 Å². The number of imidazole rings is 1. The fourth-order valence-corrected chi connectivity index (χ4v) is 2.52. The standard InChI is InChI=1S/C14H19N3O/c1-17(10-11-6-8-18-9-7-11)14-15-12-4-2-3-5-13(12)16-14/h2-5,11H,6-10H2,1H3,(H,15,16). The molecule has 1 aliphatic heterocycles. The Morgan fingerprint density at radius 2 is 2.11 bits per heavy atom. The van der Waals surface area contributed by atoms with Crippen molar-refractivity contribution in [3.63, 3.8) is 0 Å². The van der Waals surface area contributed by atoms with Crippen LogP contribution in [0.2, 0.25) is 0 Å². The number of aromatic amines is 1. The molecule has 1 aromatic carbocycles. The normalized spacial score (nSPS) is 17.2. The molecule has 1 saturated heterocycles. The zero-order valence-corrected chi connectivity index (χ0v) is 10.7. The zero-order chi connectivity index (χ0) is 12.4. The number of rotatable bonds is 3. The maximum atomic E-state index is 5.39. The quantitative estimate of drug-likeness (QED) is 0.903. The second-order valence-corrected chi connectivity index (χ2v) is 5.01. The lowest BCUT2D eigenvalue weighted by Crippen LogP contribution is -2.30. The Balaban J connectivity index is 1.72. The van der Waals surface area contributed by atoms with Gasteiger partial charge in [0.2, 0.25) is 5.95 Å². The van der Waals surface area contributed by atoms with E-state index in [-0.39, 0.29) is 0 Å². The minimum atomic E-state index is 0.719. The third-order valence-electron chi connectivity index (χ3n) is 3.61. The lowest BCUT2D eigenvalue weighted by molar-refractivity contribution is 0.0684. The summed E-state index contributed by atoms with van der Waals surface area (Å²) in [5, 5.41) is 0. The first kappa shape index (κ1) is 11.5. The average molecular weight is 245 g/mol. The number of nitrogens with one attached hydrogen (secondary N) is 1. The Labute approximate surface area is 107 Å². The molecule has 1 aliphatic rings. The molecule has 0 unspecified atom stereocenters. The summed E-state index contributed by atoms with van der Waals surface area (Å²) in [7, 11) is 2.10. The van der Waals surface area contributed by atoms with E-state index in [4.69, 9.17) is 4.74 Å². The van der Waals surface area contributed by atoms with Crippen molar-refractivity contribution in [1.82, 2.24) is 9.97 Å². The third-order valence-corrected chi connectivity index (χ3v) is 3.61. The Kier molecular flexibility index (Phi) is 3.19. The molecule has 0 saturated carbocycles. The number of hydrogen-bond donors (Lipinski definition) is 1.